The molecule has 1 heterocycles. The number of ether oxygens (including phenoxy) is 1. The third-order valence-corrected chi connectivity index (χ3v) is 13.4. The van der Waals surface area contributed by atoms with Crippen molar-refractivity contribution in [2.45, 2.75) is 90.1 Å². The number of aliphatic hydroxyl groups excluding tert-OH is 1. The average molecular weight is 601 g/mol. The summed E-state index contributed by atoms with van der Waals surface area (Å²) >= 11 is 1.83. The Kier molecular flexibility index (Phi) is 8.27. The van der Waals surface area contributed by atoms with Crippen LogP contribution in [0.15, 0.2) is 22.2 Å². The fraction of sp³-hybridized carbons (Fsp3) is 0.758. The number of esters is 1. The number of piperidine rings is 1. The Hall–Kier alpha value is -2.13. The molecule has 1 aliphatic heterocycles. The maximum Gasteiger partial charge on any atom is 0.325 e. The van der Waals surface area contributed by atoms with E-state index >= 15 is 0 Å². The van der Waals surface area contributed by atoms with E-state index in [2.05, 4.69) is 33.6 Å². The Balaban J connectivity index is 1.42. The first-order valence-electron chi connectivity index (χ1n) is 15.6. The zero-order valence-electron chi connectivity index (χ0n) is 26.1. The number of aliphatic hydroxyl groups is 1. The topological polar surface area (TPSA) is 104 Å². The van der Waals surface area contributed by atoms with E-state index in [-0.39, 0.29) is 41.2 Å². The van der Waals surface area contributed by atoms with E-state index in [1.54, 1.807) is 18.0 Å². The largest absolute Gasteiger partial charge is 0.460 e. The molecular weight excluding hydrogens is 552 g/mol. The smallest absolute Gasteiger partial charge is 0.325 e. The van der Waals surface area contributed by atoms with Gasteiger partial charge in [-0.2, -0.15) is 11.8 Å². The minimum absolute atomic E-state index is 0.0972. The number of nitrogens with zero attached hydrogens (tertiary/aromatic N) is 2. The molecule has 3 saturated carbocycles. The first-order chi connectivity index (χ1) is 19.7. The van der Waals surface area contributed by atoms with Gasteiger partial charge in [-0.15, -0.1) is 6.58 Å². The highest BCUT2D eigenvalue weighted by Gasteiger charge is 2.68. The molecule has 8 nitrogen and oxygen atoms in total. The Labute approximate surface area is 253 Å². The molecule has 0 unspecified atom stereocenters. The molecule has 5 rings (SSSR count). The van der Waals surface area contributed by atoms with E-state index < -0.39 is 39.9 Å². The second kappa shape index (κ2) is 11.1. The monoisotopic (exact) mass is 600 g/mol. The van der Waals surface area contributed by atoms with Gasteiger partial charge in [-0.3, -0.25) is 19.2 Å². The van der Waals surface area contributed by atoms with Gasteiger partial charge in [-0.1, -0.05) is 33.8 Å². The number of carbonyl (C=O) groups excluding carboxylic acids is 2. The van der Waals surface area contributed by atoms with Gasteiger partial charge in [0.15, 0.2) is 0 Å². The highest BCUT2D eigenvalue weighted by molar-refractivity contribution is 7.99. The maximum atomic E-state index is 13.7. The summed E-state index contributed by atoms with van der Waals surface area (Å²) in [6, 6.07) is 0. The molecule has 0 aromatic heterocycles. The highest BCUT2D eigenvalue weighted by Crippen LogP contribution is 2.68. The van der Waals surface area contributed by atoms with Crippen molar-refractivity contribution in [2.75, 3.05) is 42.7 Å². The van der Waals surface area contributed by atoms with Crippen molar-refractivity contribution in [1.82, 2.24) is 0 Å². The number of Topliss-reactive ketones (excluding diaryl/α,β-unsaturated/α-hetero) is 1. The van der Waals surface area contributed by atoms with Gasteiger partial charge in [0.2, 0.25) is 0 Å². The summed E-state index contributed by atoms with van der Waals surface area (Å²) in [6.45, 7) is 13.6. The van der Waals surface area contributed by atoms with E-state index in [0.29, 0.717) is 36.9 Å². The Bertz CT molecular complexity index is 1310. The summed E-state index contributed by atoms with van der Waals surface area (Å²) in [5.41, 5.74) is -2.03. The van der Waals surface area contributed by atoms with Gasteiger partial charge < -0.3 is 19.6 Å². The fourth-order valence-electron chi connectivity index (χ4n) is 9.30. The third kappa shape index (κ3) is 4.59. The minimum Gasteiger partial charge on any atom is -0.460 e. The summed E-state index contributed by atoms with van der Waals surface area (Å²) in [4.78, 5) is 56.2. The molecule has 8 atom stereocenters. The number of carbonyl (C=O) groups is 2. The first kappa shape index (κ1) is 31.3. The lowest BCUT2D eigenvalue weighted by Crippen LogP contribution is -2.63. The molecule has 42 heavy (non-hydrogen) atoms. The van der Waals surface area contributed by atoms with E-state index in [1.807, 2.05) is 23.6 Å². The molecule has 1 aromatic rings. The molecule has 1 aromatic carbocycles. The van der Waals surface area contributed by atoms with Crippen LogP contribution in [0.3, 0.4) is 0 Å². The van der Waals surface area contributed by atoms with Crippen LogP contribution in [-0.4, -0.2) is 67.3 Å². The molecule has 0 radical (unpaired) electrons. The van der Waals surface area contributed by atoms with Crippen molar-refractivity contribution in [3.8, 4) is 0 Å². The van der Waals surface area contributed by atoms with E-state index in [4.69, 9.17) is 4.74 Å². The predicted molar refractivity (Wildman–Crippen MR) is 168 cm³/mol. The molecule has 1 saturated heterocycles. The quantitative estimate of drug-likeness (QED) is 0.283. The lowest BCUT2D eigenvalue weighted by molar-refractivity contribution is -0.206. The summed E-state index contributed by atoms with van der Waals surface area (Å²) in [6.07, 6.45) is 7.77. The number of hydrogen-bond donors (Lipinski definition) is 1. The summed E-state index contributed by atoms with van der Waals surface area (Å²) in [5.74, 6) is -0.559. The van der Waals surface area contributed by atoms with Crippen LogP contribution in [0.4, 0.5) is 11.4 Å². The number of thioether (sulfide) groups is 1. The first-order valence-corrected chi connectivity index (χ1v) is 16.9. The minimum atomic E-state index is -0.730. The standard InChI is InChI=1S/C33H48N2O6S/c1-8-31(4)17-23(32(5)19(2)9-13-33(20(3)30(31)40)14-10-22(36)29(32)33)41-24(37)18-34(6)25-26(28(39)27(25)38)35-15-11-21(42-7)12-16-35/h8,19-21,23,29-30,40H,1,9-18H2,2-7H3/t19-,20+,23-,29+,30+,31-,32+,33+/m1/s1. The molecule has 4 aliphatic rings. The van der Waals surface area contributed by atoms with E-state index in [0.717, 1.165) is 32.1 Å². The highest BCUT2D eigenvalue weighted by atomic mass is 32.2. The van der Waals surface area contributed by atoms with Crippen molar-refractivity contribution in [3.05, 3.63) is 33.1 Å². The molecule has 0 amide bonds. The molecule has 2 bridgehead atoms. The fourth-order valence-corrected chi connectivity index (χ4v) is 9.98. The summed E-state index contributed by atoms with van der Waals surface area (Å²) in [5, 5.41) is 12.3. The molecule has 1 N–H and O–H groups in total. The summed E-state index contributed by atoms with van der Waals surface area (Å²) < 4.78 is 6.35. The summed E-state index contributed by atoms with van der Waals surface area (Å²) in [7, 11) is 1.66. The Morgan fingerprint density at radius 3 is 2.43 bits per heavy atom. The van der Waals surface area contributed by atoms with Gasteiger partial charge in [0, 0.05) is 48.6 Å². The van der Waals surface area contributed by atoms with Crippen LogP contribution >= 0.6 is 11.8 Å². The molecule has 9 heteroatoms. The van der Waals surface area contributed by atoms with Gasteiger partial charge in [0.1, 0.15) is 29.8 Å². The van der Waals surface area contributed by atoms with Gasteiger partial charge in [-0.05, 0) is 62.0 Å². The van der Waals surface area contributed by atoms with Crippen LogP contribution in [0.2, 0.25) is 0 Å². The van der Waals surface area contributed by atoms with E-state index in [1.165, 1.54) is 0 Å². The Morgan fingerprint density at radius 1 is 1.14 bits per heavy atom. The number of rotatable bonds is 7. The van der Waals surface area contributed by atoms with Gasteiger partial charge in [0.25, 0.3) is 10.9 Å². The van der Waals surface area contributed by atoms with Crippen LogP contribution < -0.4 is 20.7 Å². The van der Waals surface area contributed by atoms with Gasteiger partial charge in [0.05, 0.1) is 6.10 Å². The van der Waals surface area contributed by atoms with Crippen molar-refractivity contribution in [2.24, 2.45) is 34.0 Å². The molecule has 0 spiro atoms. The normalized spacial score (nSPS) is 39.0. The molecular formula is C33H48N2O6S. The van der Waals surface area contributed by atoms with Crippen LogP contribution in [0, 0.1) is 34.0 Å². The number of likely N-dealkylation sites (N-methyl/N-ethyl adjacent to an activating group) is 1. The van der Waals surface area contributed by atoms with E-state index in [9.17, 15) is 24.3 Å². The van der Waals surface area contributed by atoms with Gasteiger partial charge in [-0.25, -0.2) is 0 Å². The van der Waals surface area contributed by atoms with Crippen molar-refractivity contribution in [3.63, 3.8) is 0 Å². The van der Waals surface area contributed by atoms with Crippen molar-refractivity contribution in [1.29, 1.82) is 0 Å². The average Bonchev–Trinajstić information content (AvgIpc) is 3.33. The lowest BCUT2D eigenvalue weighted by atomic mass is 9.44. The number of ketones is 1. The number of anilines is 2. The maximum absolute atomic E-state index is 13.7. The van der Waals surface area contributed by atoms with Crippen LogP contribution in [0.5, 0.6) is 0 Å². The molecule has 4 fully saturated rings. The molecule has 3 aliphatic carbocycles. The van der Waals surface area contributed by atoms with Crippen LogP contribution in [0.25, 0.3) is 0 Å². The van der Waals surface area contributed by atoms with Crippen molar-refractivity contribution < 1.29 is 19.4 Å². The van der Waals surface area contributed by atoms with Gasteiger partial charge >= 0.3 is 5.97 Å². The zero-order valence-corrected chi connectivity index (χ0v) is 26.9. The lowest BCUT2D eigenvalue weighted by Gasteiger charge is -2.61. The molecule has 232 valence electrons. The van der Waals surface area contributed by atoms with Crippen molar-refractivity contribution >= 4 is 34.9 Å². The predicted octanol–water partition coefficient (Wildman–Crippen LogP) is 3.96. The second-order valence-electron chi connectivity index (χ2n) is 14.2. The number of hydrogen-bond acceptors (Lipinski definition) is 9. The SMILES string of the molecule is C=C[C@]1(C)C[C@@H](OC(=O)CN(C)c2c(N3CCC(SC)CC3)c(=O)c2=O)[C@]2(C)[C@H](C)CC[C@]3(CCC(=O)[C@H]32)[C@@H](C)[C@@H]1O. The Morgan fingerprint density at radius 2 is 1.81 bits per heavy atom. The van der Waals surface area contributed by atoms with Crippen LogP contribution in [-0.2, 0) is 14.3 Å². The third-order valence-electron chi connectivity index (χ3n) is 12.3. The van der Waals surface area contributed by atoms with Crippen LogP contribution in [0.1, 0.15) is 72.6 Å². The second-order valence-corrected chi connectivity index (χ2v) is 15.3. The zero-order chi connectivity index (χ0) is 30.8.